The molecule has 2 heterocycles. The van der Waals surface area contributed by atoms with Crippen LogP contribution in [-0.2, 0) is 0 Å². The molecule has 3 aromatic rings. The van der Waals surface area contributed by atoms with Gasteiger partial charge in [-0.2, -0.15) is 4.79 Å². The van der Waals surface area contributed by atoms with E-state index in [2.05, 4.69) is 4.98 Å². The van der Waals surface area contributed by atoms with E-state index in [4.69, 9.17) is 5.73 Å². The molecule has 0 saturated heterocycles. The maximum absolute atomic E-state index is 12.8. The Kier molecular flexibility index (Phi) is 2.68. The Bertz CT molecular complexity index is 980. The first-order chi connectivity index (χ1) is 11.1. The monoisotopic (exact) mass is 305 g/mol. The lowest BCUT2D eigenvalue weighted by Crippen LogP contribution is -2.47. The van der Waals surface area contributed by atoms with E-state index in [1.54, 1.807) is 36.4 Å². The summed E-state index contributed by atoms with van der Waals surface area (Å²) >= 11 is 0. The molecule has 0 spiro atoms. The molecule has 0 unspecified atom stereocenters. The fourth-order valence-corrected chi connectivity index (χ4v) is 2.78. The summed E-state index contributed by atoms with van der Waals surface area (Å²) in [6, 6.07) is 13.8. The third-order valence-corrected chi connectivity index (χ3v) is 3.91. The highest BCUT2D eigenvalue weighted by Gasteiger charge is 2.50. The van der Waals surface area contributed by atoms with Crippen molar-refractivity contribution in [2.24, 2.45) is 0 Å². The highest BCUT2D eigenvalue weighted by atomic mass is 16.2. The minimum Gasteiger partial charge on any atom is -0.380 e. The van der Waals surface area contributed by atoms with Gasteiger partial charge in [-0.15, -0.1) is 9.47 Å². The van der Waals surface area contributed by atoms with Crippen LogP contribution in [0.25, 0.3) is 11.0 Å². The highest BCUT2D eigenvalue weighted by molar-refractivity contribution is 6.23. The summed E-state index contributed by atoms with van der Waals surface area (Å²) in [5.74, 6) is -0.411. The smallest absolute Gasteiger partial charge is 0.380 e. The molecule has 1 aliphatic heterocycles. The van der Waals surface area contributed by atoms with Crippen LogP contribution in [0.3, 0.4) is 0 Å². The number of fused-ring (bicyclic) bond motifs is 3. The summed E-state index contributed by atoms with van der Waals surface area (Å²) in [5, 5.41) is 0. The Labute approximate surface area is 131 Å². The van der Waals surface area contributed by atoms with Gasteiger partial charge in [0.05, 0.1) is 0 Å². The molecule has 0 fully saturated rings. The third kappa shape index (κ3) is 1.81. The Morgan fingerprint density at radius 1 is 1.04 bits per heavy atom. The predicted octanol–water partition coefficient (Wildman–Crippen LogP) is 2.04. The zero-order valence-corrected chi connectivity index (χ0v) is 12.4. The van der Waals surface area contributed by atoms with Gasteiger partial charge < -0.3 is 5.73 Å². The van der Waals surface area contributed by atoms with Gasteiger partial charge >= 0.3 is 11.9 Å². The predicted molar refractivity (Wildman–Crippen MR) is 85.1 cm³/mol. The maximum Gasteiger partial charge on any atom is 0.512 e. The van der Waals surface area contributed by atoms with Gasteiger partial charge in [0.2, 0.25) is 0 Å². The Balaban J connectivity index is 1.97. The first-order valence-corrected chi connectivity index (χ1v) is 7.13. The van der Waals surface area contributed by atoms with Gasteiger partial charge in [0.1, 0.15) is 11.2 Å². The summed E-state index contributed by atoms with van der Waals surface area (Å²) < 4.78 is 1.33. The van der Waals surface area contributed by atoms with Crippen molar-refractivity contribution in [3.8, 4) is 0 Å². The number of nitrogen functional groups attached to an aromatic ring is 1. The van der Waals surface area contributed by atoms with Gasteiger partial charge in [0, 0.05) is 0 Å². The van der Waals surface area contributed by atoms with Crippen molar-refractivity contribution in [1.29, 1.82) is 0 Å². The second-order valence-electron chi connectivity index (χ2n) is 5.43. The van der Waals surface area contributed by atoms with Gasteiger partial charge in [0.15, 0.2) is 11.3 Å². The number of aromatic nitrogens is 2. The lowest BCUT2D eigenvalue weighted by molar-refractivity contribution is -0.537. The van der Waals surface area contributed by atoms with Crippen LogP contribution >= 0.6 is 0 Å². The number of benzene rings is 2. The summed E-state index contributed by atoms with van der Waals surface area (Å²) in [7, 11) is 0. The number of carbonyl (C=O) groups excluding carboxylic acids is 2. The molecule has 0 aliphatic carbocycles. The van der Waals surface area contributed by atoms with Crippen LogP contribution < -0.4 is 15.2 Å². The quantitative estimate of drug-likeness (QED) is 0.698. The number of hydrogen-bond acceptors (Lipinski definition) is 4. The van der Waals surface area contributed by atoms with Crippen molar-refractivity contribution < 1.29 is 14.2 Å². The number of nitrogens with zero attached hydrogens (tertiary/aromatic N) is 3. The second kappa shape index (κ2) is 4.61. The molecular formula is C17H13N4O2+. The third-order valence-electron chi connectivity index (χ3n) is 3.91. The van der Waals surface area contributed by atoms with Crippen LogP contribution in [0.1, 0.15) is 16.1 Å². The average Bonchev–Trinajstić information content (AvgIpc) is 2.81. The first-order valence-electron chi connectivity index (χ1n) is 7.13. The number of rotatable bonds is 1. The van der Waals surface area contributed by atoms with E-state index < -0.39 is 11.9 Å². The molecule has 4 rings (SSSR count). The normalized spacial score (nSPS) is 13.7. The largest absolute Gasteiger partial charge is 0.512 e. The molecule has 0 saturated carbocycles. The van der Waals surface area contributed by atoms with Gasteiger partial charge in [-0.25, -0.2) is 9.78 Å². The zero-order valence-electron chi connectivity index (χ0n) is 12.4. The molecular weight excluding hydrogens is 292 g/mol. The van der Waals surface area contributed by atoms with Crippen molar-refractivity contribution >= 4 is 34.5 Å². The van der Waals surface area contributed by atoms with Crippen LogP contribution in [0.2, 0.25) is 0 Å². The zero-order chi connectivity index (χ0) is 16.1. The minimum absolute atomic E-state index is 0.0525. The van der Waals surface area contributed by atoms with Gasteiger partial charge in [-0.1, -0.05) is 29.8 Å². The lowest BCUT2D eigenvalue weighted by atomic mass is 10.2. The highest BCUT2D eigenvalue weighted by Crippen LogP contribution is 2.25. The van der Waals surface area contributed by atoms with Crippen molar-refractivity contribution in [3.05, 3.63) is 59.8 Å². The molecule has 2 N–H and O–H groups in total. The molecule has 23 heavy (non-hydrogen) atoms. The van der Waals surface area contributed by atoms with Gasteiger partial charge in [-0.3, -0.25) is 0 Å². The van der Waals surface area contributed by atoms with Crippen molar-refractivity contribution in [3.63, 3.8) is 0 Å². The Morgan fingerprint density at radius 3 is 2.48 bits per heavy atom. The fourth-order valence-electron chi connectivity index (χ4n) is 2.78. The molecule has 6 nitrogen and oxygen atoms in total. The number of anilines is 2. The van der Waals surface area contributed by atoms with E-state index in [-0.39, 0.29) is 11.5 Å². The molecule has 0 atom stereocenters. The average molecular weight is 305 g/mol. The summed E-state index contributed by atoms with van der Waals surface area (Å²) in [6.07, 6.45) is 0. The molecule has 0 bridgehead atoms. The van der Waals surface area contributed by atoms with Crippen LogP contribution in [0, 0.1) is 6.92 Å². The molecule has 6 heteroatoms. The number of hydrogen-bond donors (Lipinski definition) is 1. The lowest BCUT2D eigenvalue weighted by Gasteiger charge is -2.04. The number of carbonyl (C=O) groups is 2. The second-order valence-corrected chi connectivity index (χ2v) is 5.43. The molecule has 1 aliphatic rings. The molecule has 2 aromatic carbocycles. The van der Waals surface area contributed by atoms with E-state index in [0.29, 0.717) is 16.7 Å². The van der Waals surface area contributed by atoms with E-state index >= 15 is 0 Å². The number of imide groups is 1. The van der Waals surface area contributed by atoms with Crippen LogP contribution in [-0.4, -0.2) is 16.9 Å². The summed E-state index contributed by atoms with van der Waals surface area (Å²) in [6.45, 7) is 1.94. The molecule has 1 aromatic heterocycles. The molecule has 2 amide bonds. The summed E-state index contributed by atoms with van der Waals surface area (Å²) in [5.41, 5.74) is 8.72. The van der Waals surface area contributed by atoms with E-state index in [0.717, 1.165) is 10.5 Å². The fraction of sp³-hybridized carbons (Fsp3) is 0.0588. The van der Waals surface area contributed by atoms with Crippen molar-refractivity contribution in [2.45, 2.75) is 6.92 Å². The number of nitrogens with two attached hydrogens (primary N) is 1. The first kappa shape index (κ1) is 13.4. The van der Waals surface area contributed by atoms with E-state index in [1.165, 1.54) is 4.57 Å². The van der Waals surface area contributed by atoms with Gasteiger partial charge in [-0.05, 0) is 31.2 Å². The molecule has 0 radical (unpaired) electrons. The van der Waals surface area contributed by atoms with Crippen LogP contribution in [0.15, 0.2) is 48.5 Å². The number of amides is 2. The van der Waals surface area contributed by atoms with E-state index in [9.17, 15) is 9.59 Å². The number of para-hydroxylation sites is 2. The SMILES string of the molecule is Cc1ccc(N2C(=O)c3c(N)nc4ccccc4[n+]3C2=O)cc1. The topological polar surface area (TPSA) is 80.2 Å². The van der Waals surface area contributed by atoms with Gasteiger partial charge in [0.25, 0.3) is 5.69 Å². The van der Waals surface area contributed by atoms with Crippen molar-refractivity contribution in [1.82, 2.24) is 4.98 Å². The van der Waals surface area contributed by atoms with Crippen LogP contribution in [0.5, 0.6) is 0 Å². The van der Waals surface area contributed by atoms with Crippen molar-refractivity contribution in [2.75, 3.05) is 10.6 Å². The summed E-state index contributed by atoms with van der Waals surface area (Å²) in [4.78, 5) is 30.9. The Morgan fingerprint density at radius 2 is 1.74 bits per heavy atom. The van der Waals surface area contributed by atoms with Crippen LogP contribution in [0.4, 0.5) is 16.3 Å². The number of aryl methyl sites for hydroxylation is 1. The maximum atomic E-state index is 12.8. The Hall–Kier alpha value is -3.28. The minimum atomic E-state index is -0.463. The standard InChI is InChI=1S/C17H12N4O2/c1-10-6-8-11(9-7-10)20-16(22)14-15(18)19-12-4-2-3-5-13(12)21(14)17(20)23/h2-9H,1H3,(H-,18,19,22)/p+1. The molecule has 112 valence electrons. The van der Waals surface area contributed by atoms with E-state index in [1.807, 2.05) is 19.1 Å².